The quantitative estimate of drug-likeness (QED) is 0.552. The molecular formula is C21H21N7. The summed E-state index contributed by atoms with van der Waals surface area (Å²) in [5, 5.41) is 2.45. The highest BCUT2D eigenvalue weighted by molar-refractivity contribution is 5.93. The van der Waals surface area contributed by atoms with Crippen LogP contribution < -0.4 is 9.80 Å². The highest BCUT2D eigenvalue weighted by atomic mass is 15.3. The molecule has 4 aromatic rings. The first-order valence-electron chi connectivity index (χ1n) is 9.89. The van der Waals surface area contributed by atoms with Crippen LogP contribution in [0.3, 0.4) is 0 Å². The summed E-state index contributed by atoms with van der Waals surface area (Å²) in [5.74, 6) is 0.958. The molecule has 0 spiro atoms. The van der Waals surface area contributed by atoms with Crippen LogP contribution in [0.25, 0.3) is 21.9 Å². The van der Waals surface area contributed by atoms with E-state index < -0.39 is 0 Å². The van der Waals surface area contributed by atoms with E-state index in [1.807, 2.05) is 18.7 Å². The molecule has 3 aromatic heterocycles. The van der Waals surface area contributed by atoms with Crippen molar-refractivity contribution in [3.05, 3.63) is 49.3 Å². The van der Waals surface area contributed by atoms with Gasteiger partial charge in [0.25, 0.3) is 0 Å². The molecule has 0 N–H and O–H groups in total. The smallest absolute Gasteiger partial charge is 0.165 e. The van der Waals surface area contributed by atoms with E-state index in [2.05, 4.69) is 58.6 Å². The van der Waals surface area contributed by atoms with Gasteiger partial charge in [-0.15, -0.1) is 0 Å². The molecule has 6 rings (SSSR count). The molecule has 0 atom stereocenters. The van der Waals surface area contributed by atoms with Crippen molar-refractivity contribution in [3.8, 4) is 0 Å². The van der Waals surface area contributed by atoms with Crippen molar-refractivity contribution in [3.63, 3.8) is 0 Å². The number of imidazole rings is 1. The third-order valence-electron chi connectivity index (χ3n) is 5.85. The largest absolute Gasteiger partial charge is 0.366 e. The molecule has 0 amide bonds. The van der Waals surface area contributed by atoms with Crippen LogP contribution in [0.5, 0.6) is 0 Å². The van der Waals surface area contributed by atoms with Crippen molar-refractivity contribution in [2.75, 3.05) is 36.0 Å². The van der Waals surface area contributed by atoms with Crippen LogP contribution in [-0.2, 0) is 0 Å². The number of benzene rings is 1. The fourth-order valence-corrected chi connectivity index (χ4v) is 4.20. The van der Waals surface area contributed by atoms with Gasteiger partial charge in [0.05, 0.1) is 18.2 Å². The maximum absolute atomic E-state index is 4.65. The predicted molar refractivity (Wildman–Crippen MR) is 110 cm³/mol. The van der Waals surface area contributed by atoms with Crippen LogP contribution in [0.4, 0.5) is 11.5 Å². The normalized spacial score (nSPS) is 17.6. The monoisotopic (exact) mass is 371 g/mol. The van der Waals surface area contributed by atoms with Gasteiger partial charge in [0.1, 0.15) is 6.33 Å². The first-order chi connectivity index (χ1) is 13.9. The van der Waals surface area contributed by atoms with Gasteiger partial charge in [0, 0.05) is 49.2 Å². The number of hydrogen-bond donors (Lipinski definition) is 0. The summed E-state index contributed by atoms with van der Waals surface area (Å²) < 4.78 is 2.21. The van der Waals surface area contributed by atoms with Gasteiger partial charge < -0.3 is 14.4 Å². The third-order valence-corrected chi connectivity index (χ3v) is 5.85. The number of nitrogens with zero attached hydrogens (tertiary/aromatic N) is 7. The number of anilines is 2. The van der Waals surface area contributed by atoms with Crippen molar-refractivity contribution in [1.29, 1.82) is 0 Å². The van der Waals surface area contributed by atoms with Gasteiger partial charge in [0.15, 0.2) is 17.0 Å². The minimum Gasteiger partial charge on any atom is -0.366 e. The Balaban J connectivity index is 1.28. The fraction of sp³-hybridized carbons (Fsp3) is 0.333. The summed E-state index contributed by atoms with van der Waals surface area (Å²) >= 11 is 0. The lowest BCUT2D eigenvalue weighted by atomic mass is 10.1. The lowest BCUT2D eigenvalue weighted by Crippen LogP contribution is -2.47. The lowest BCUT2D eigenvalue weighted by Gasteiger charge is -2.37. The molecule has 4 heterocycles. The van der Waals surface area contributed by atoms with Gasteiger partial charge in [-0.25, -0.2) is 15.0 Å². The van der Waals surface area contributed by atoms with E-state index in [1.165, 1.54) is 29.3 Å². The Morgan fingerprint density at radius 1 is 0.857 bits per heavy atom. The maximum atomic E-state index is 4.65. The molecule has 1 aromatic carbocycles. The summed E-state index contributed by atoms with van der Waals surface area (Å²) in [6.07, 6.45) is 9.98. The molecule has 0 radical (unpaired) electrons. The molecular weight excluding hydrogens is 350 g/mol. The minimum atomic E-state index is 0.573. The van der Waals surface area contributed by atoms with E-state index in [1.54, 1.807) is 6.33 Å². The van der Waals surface area contributed by atoms with Crippen LogP contribution in [-0.4, -0.2) is 50.7 Å². The van der Waals surface area contributed by atoms with Gasteiger partial charge in [-0.1, -0.05) is 24.3 Å². The van der Waals surface area contributed by atoms with Gasteiger partial charge in [0.2, 0.25) is 0 Å². The average molecular weight is 371 g/mol. The van der Waals surface area contributed by atoms with Gasteiger partial charge in [-0.3, -0.25) is 4.98 Å². The standard InChI is InChI=1S/C21H21N7/c1-2-4-17-15(3-1)11-22-12-18(17)26-7-9-27(10-8-26)20-19-21(24-13-23-20)28(14-25-19)16-5-6-16/h1-4,11-14,16H,5-10H2. The van der Waals surface area contributed by atoms with E-state index in [9.17, 15) is 0 Å². The van der Waals surface area contributed by atoms with Crippen LogP contribution in [0.15, 0.2) is 49.3 Å². The molecule has 7 nitrogen and oxygen atoms in total. The Labute approximate surface area is 162 Å². The van der Waals surface area contributed by atoms with Crippen molar-refractivity contribution < 1.29 is 0 Å². The van der Waals surface area contributed by atoms with E-state index >= 15 is 0 Å². The molecule has 7 heteroatoms. The minimum absolute atomic E-state index is 0.573. The number of pyridine rings is 1. The molecule has 0 bridgehead atoms. The predicted octanol–water partition coefficient (Wildman–Crippen LogP) is 3.04. The van der Waals surface area contributed by atoms with Crippen molar-refractivity contribution >= 4 is 33.4 Å². The summed E-state index contributed by atoms with van der Waals surface area (Å²) in [4.78, 5) is 22.9. The summed E-state index contributed by atoms with van der Waals surface area (Å²) in [5.41, 5.74) is 3.10. The first kappa shape index (κ1) is 15.8. The zero-order valence-electron chi connectivity index (χ0n) is 15.6. The second-order valence-electron chi connectivity index (χ2n) is 7.61. The highest BCUT2D eigenvalue weighted by Gasteiger charge is 2.28. The van der Waals surface area contributed by atoms with Gasteiger partial charge >= 0.3 is 0 Å². The topological polar surface area (TPSA) is 63.0 Å². The second-order valence-corrected chi connectivity index (χ2v) is 7.61. The van der Waals surface area contributed by atoms with Crippen molar-refractivity contribution in [1.82, 2.24) is 24.5 Å². The van der Waals surface area contributed by atoms with Crippen LogP contribution in [0.1, 0.15) is 18.9 Å². The van der Waals surface area contributed by atoms with Crippen LogP contribution >= 0.6 is 0 Å². The second kappa shape index (κ2) is 6.15. The molecule has 28 heavy (non-hydrogen) atoms. The molecule has 1 saturated carbocycles. The Morgan fingerprint density at radius 2 is 1.68 bits per heavy atom. The molecule has 2 aliphatic rings. The zero-order chi connectivity index (χ0) is 18.5. The Hall–Kier alpha value is -3.22. The summed E-state index contributed by atoms with van der Waals surface area (Å²) in [7, 11) is 0. The average Bonchev–Trinajstić information content (AvgIpc) is 3.51. The van der Waals surface area contributed by atoms with Gasteiger partial charge in [-0.2, -0.15) is 0 Å². The zero-order valence-corrected chi connectivity index (χ0v) is 15.6. The molecule has 0 unspecified atom stereocenters. The molecule has 1 aliphatic carbocycles. The maximum Gasteiger partial charge on any atom is 0.165 e. The van der Waals surface area contributed by atoms with Crippen LogP contribution in [0, 0.1) is 0 Å². The van der Waals surface area contributed by atoms with E-state index in [0.717, 1.165) is 43.2 Å². The Morgan fingerprint density at radius 3 is 2.54 bits per heavy atom. The molecule has 140 valence electrons. The molecule has 1 aliphatic heterocycles. The van der Waals surface area contributed by atoms with E-state index in [0.29, 0.717) is 6.04 Å². The SMILES string of the molecule is c1ccc2c(N3CCN(c4ncnc5c4ncn5C4CC4)CC3)cncc2c1. The Bertz CT molecular complexity index is 1150. The number of piperazine rings is 1. The molecule has 2 fully saturated rings. The number of rotatable bonds is 3. The van der Waals surface area contributed by atoms with Crippen LogP contribution in [0.2, 0.25) is 0 Å². The number of fused-ring (bicyclic) bond motifs is 2. The van der Waals surface area contributed by atoms with E-state index in [-0.39, 0.29) is 0 Å². The van der Waals surface area contributed by atoms with E-state index in [4.69, 9.17) is 0 Å². The third kappa shape index (κ3) is 2.50. The van der Waals surface area contributed by atoms with Crippen molar-refractivity contribution in [2.45, 2.75) is 18.9 Å². The first-order valence-corrected chi connectivity index (χ1v) is 9.89. The molecule has 1 saturated heterocycles. The number of hydrogen-bond acceptors (Lipinski definition) is 6. The Kier molecular flexibility index (Phi) is 3.47. The number of aromatic nitrogens is 5. The lowest BCUT2D eigenvalue weighted by molar-refractivity contribution is 0.649. The fourth-order valence-electron chi connectivity index (χ4n) is 4.20. The summed E-state index contributed by atoms with van der Waals surface area (Å²) in [6, 6.07) is 9.03. The van der Waals surface area contributed by atoms with Crippen molar-refractivity contribution in [2.24, 2.45) is 0 Å². The highest BCUT2D eigenvalue weighted by Crippen LogP contribution is 2.37. The summed E-state index contributed by atoms with van der Waals surface area (Å²) in [6.45, 7) is 3.69. The van der Waals surface area contributed by atoms with Gasteiger partial charge in [-0.05, 0) is 12.8 Å².